The Labute approximate surface area is 199 Å². The molecule has 1 aromatic heterocycles. The van der Waals surface area contributed by atoms with Crippen LogP contribution in [0.15, 0.2) is 84.7 Å². The summed E-state index contributed by atoms with van der Waals surface area (Å²) in [5.41, 5.74) is 1.83. The summed E-state index contributed by atoms with van der Waals surface area (Å²) in [6.45, 7) is 0. The molecule has 1 aliphatic heterocycles. The number of hydrogen-bond acceptors (Lipinski definition) is 6. The number of thioether (sulfide) groups is 2. The normalized spacial score (nSPS) is 17.6. The lowest BCUT2D eigenvalue weighted by Gasteiger charge is -2.06. The minimum atomic E-state index is -2.45. The monoisotopic (exact) mass is 535 g/mol. The molecule has 1 N–H and O–H groups in total. The maximum atomic E-state index is 12.4. The largest absolute Gasteiger partial charge is 0.455 e. The number of furan rings is 1. The molecule has 2 aromatic carbocycles. The van der Waals surface area contributed by atoms with Crippen LogP contribution < -0.4 is 5.32 Å². The molecular formula is C22H16BrF2N3O2S2. The van der Waals surface area contributed by atoms with E-state index in [-0.39, 0.29) is 11.2 Å². The van der Waals surface area contributed by atoms with Crippen molar-refractivity contribution >= 4 is 56.7 Å². The molecule has 1 atom stereocenters. The van der Waals surface area contributed by atoms with Crippen molar-refractivity contribution in [3.05, 3.63) is 76.5 Å². The Morgan fingerprint density at radius 1 is 1.12 bits per heavy atom. The molecule has 32 heavy (non-hydrogen) atoms. The molecule has 2 heterocycles. The van der Waals surface area contributed by atoms with E-state index in [0.717, 1.165) is 15.6 Å². The molecule has 10 heteroatoms. The van der Waals surface area contributed by atoms with Crippen molar-refractivity contribution in [1.29, 1.82) is 0 Å². The van der Waals surface area contributed by atoms with E-state index >= 15 is 0 Å². The number of carbonyl (C=O) groups excluding carboxylic acids is 1. The van der Waals surface area contributed by atoms with Gasteiger partial charge in [-0.1, -0.05) is 63.7 Å². The highest BCUT2D eigenvalue weighted by molar-refractivity contribution is 9.10. The summed E-state index contributed by atoms with van der Waals surface area (Å²) in [6, 6.07) is 18.2. The fourth-order valence-corrected chi connectivity index (χ4v) is 4.67. The van der Waals surface area contributed by atoms with Crippen LogP contribution in [0.1, 0.15) is 11.3 Å². The Hall–Kier alpha value is -2.43. The second-order valence-corrected chi connectivity index (χ2v) is 9.85. The summed E-state index contributed by atoms with van der Waals surface area (Å²) in [5.74, 6) is -1.36. The molecule has 0 spiro atoms. The summed E-state index contributed by atoms with van der Waals surface area (Å²) in [6.07, 6.45) is 1.95. The van der Waals surface area contributed by atoms with Gasteiger partial charge >= 0.3 is 0 Å². The average molecular weight is 536 g/mol. The van der Waals surface area contributed by atoms with E-state index in [1.807, 2.05) is 30.3 Å². The first-order valence-corrected chi connectivity index (χ1v) is 12.0. The van der Waals surface area contributed by atoms with Crippen molar-refractivity contribution in [3.63, 3.8) is 0 Å². The summed E-state index contributed by atoms with van der Waals surface area (Å²) >= 11 is 5.18. The molecule has 1 unspecified atom stereocenters. The number of nitrogens with one attached hydrogen (secondary N) is 1. The number of nitrogens with zero attached hydrogens (tertiary/aromatic N) is 2. The van der Waals surface area contributed by atoms with Crippen LogP contribution in [0.2, 0.25) is 0 Å². The highest BCUT2D eigenvalue weighted by Crippen LogP contribution is 2.28. The van der Waals surface area contributed by atoms with Crippen LogP contribution in [-0.4, -0.2) is 28.3 Å². The summed E-state index contributed by atoms with van der Waals surface area (Å²) < 4.78 is 31.6. The van der Waals surface area contributed by atoms with Crippen LogP contribution in [0.3, 0.4) is 0 Å². The van der Waals surface area contributed by atoms with Gasteiger partial charge in [-0.15, -0.1) is 5.10 Å². The van der Waals surface area contributed by atoms with Gasteiger partial charge in [0.25, 0.3) is 5.76 Å². The van der Waals surface area contributed by atoms with Gasteiger partial charge in [-0.2, -0.15) is 13.9 Å². The van der Waals surface area contributed by atoms with E-state index < -0.39 is 5.76 Å². The highest BCUT2D eigenvalue weighted by Gasteiger charge is 2.30. The Morgan fingerprint density at radius 2 is 1.88 bits per heavy atom. The zero-order valence-corrected chi connectivity index (χ0v) is 19.6. The molecule has 1 aliphatic rings. The lowest BCUT2D eigenvalue weighted by molar-refractivity contribution is -0.118. The first-order valence-electron chi connectivity index (χ1n) is 9.44. The minimum Gasteiger partial charge on any atom is -0.455 e. The summed E-state index contributed by atoms with van der Waals surface area (Å²) in [7, 11) is 0. The molecule has 1 amide bonds. The maximum absolute atomic E-state index is 12.4. The molecule has 5 nitrogen and oxygen atoms in total. The van der Waals surface area contributed by atoms with Crippen LogP contribution in [0.25, 0.3) is 11.3 Å². The number of halogens is 3. The molecular weight excluding hydrogens is 520 g/mol. The van der Waals surface area contributed by atoms with Crippen LogP contribution in [-0.2, 0) is 11.2 Å². The molecule has 4 rings (SSSR count). The first kappa shape index (κ1) is 22.8. The number of rotatable bonds is 7. The van der Waals surface area contributed by atoms with E-state index in [1.165, 1.54) is 18.0 Å². The molecule has 0 aliphatic carbocycles. The Balaban J connectivity index is 1.34. The van der Waals surface area contributed by atoms with Crippen molar-refractivity contribution in [2.45, 2.75) is 22.3 Å². The standard InChI is InChI=1S/C22H16BrF2N3O2S2/c23-15-5-3-14(4-6-15)18-10-7-16(30-18)12-26-28-22-27-20(29)19(32-22)11-13-1-8-17(9-2-13)31-21(24)25/h1-10,12,19,21H,11H2,(H,27,28,29). The zero-order chi connectivity index (χ0) is 22.5. The van der Waals surface area contributed by atoms with Crippen LogP contribution in [0, 0.1) is 0 Å². The molecule has 0 bridgehead atoms. The lowest BCUT2D eigenvalue weighted by Crippen LogP contribution is -2.25. The maximum Gasteiger partial charge on any atom is 0.288 e. The Bertz CT molecular complexity index is 1150. The van der Waals surface area contributed by atoms with Gasteiger partial charge in [-0.25, -0.2) is 0 Å². The minimum absolute atomic E-state index is 0.162. The Morgan fingerprint density at radius 3 is 2.59 bits per heavy atom. The second-order valence-electron chi connectivity index (χ2n) is 6.68. The van der Waals surface area contributed by atoms with Gasteiger partial charge in [-0.05, 0) is 48.4 Å². The number of benzene rings is 2. The van der Waals surface area contributed by atoms with Gasteiger partial charge in [0.15, 0.2) is 5.17 Å². The number of carbonyl (C=O) groups is 1. The van der Waals surface area contributed by atoms with Gasteiger partial charge < -0.3 is 9.73 Å². The number of hydrogen-bond donors (Lipinski definition) is 1. The van der Waals surface area contributed by atoms with E-state index in [1.54, 1.807) is 30.3 Å². The fourth-order valence-electron chi connectivity index (χ4n) is 2.94. The van der Waals surface area contributed by atoms with Gasteiger partial charge in [-0.3, -0.25) is 4.79 Å². The number of amides is 1. The third-order valence-corrected chi connectivity index (χ3v) is 6.76. The molecule has 0 saturated carbocycles. The van der Waals surface area contributed by atoms with Gasteiger partial charge in [0, 0.05) is 14.9 Å². The predicted molar refractivity (Wildman–Crippen MR) is 128 cm³/mol. The molecule has 0 radical (unpaired) electrons. The van der Waals surface area contributed by atoms with Crippen LogP contribution >= 0.6 is 39.5 Å². The van der Waals surface area contributed by atoms with Crippen LogP contribution in [0.5, 0.6) is 0 Å². The number of amidine groups is 1. The van der Waals surface area contributed by atoms with Gasteiger partial charge in [0.1, 0.15) is 11.5 Å². The van der Waals surface area contributed by atoms with Crippen molar-refractivity contribution in [2.24, 2.45) is 10.2 Å². The number of alkyl halides is 2. The topological polar surface area (TPSA) is 67.0 Å². The van der Waals surface area contributed by atoms with Crippen molar-refractivity contribution in [1.82, 2.24) is 5.32 Å². The molecule has 164 valence electrons. The van der Waals surface area contributed by atoms with Crippen molar-refractivity contribution < 1.29 is 18.0 Å². The molecule has 1 fully saturated rings. The van der Waals surface area contributed by atoms with Gasteiger partial charge in [0.05, 0.1) is 11.5 Å². The van der Waals surface area contributed by atoms with Gasteiger partial charge in [0.2, 0.25) is 5.91 Å². The third-order valence-electron chi connectivity index (χ3n) is 4.44. The van der Waals surface area contributed by atoms with Crippen molar-refractivity contribution in [3.8, 4) is 11.3 Å². The van der Waals surface area contributed by atoms with E-state index in [2.05, 4.69) is 31.4 Å². The smallest absolute Gasteiger partial charge is 0.288 e. The predicted octanol–water partition coefficient (Wildman–Crippen LogP) is 6.19. The summed E-state index contributed by atoms with van der Waals surface area (Å²) in [5, 5.41) is 10.8. The quantitative estimate of drug-likeness (QED) is 0.222. The first-order chi connectivity index (χ1) is 15.5. The lowest BCUT2D eigenvalue weighted by atomic mass is 10.1. The van der Waals surface area contributed by atoms with E-state index in [4.69, 9.17) is 4.42 Å². The Kier molecular flexibility index (Phi) is 7.44. The van der Waals surface area contributed by atoms with Crippen LogP contribution in [0.4, 0.5) is 8.78 Å². The molecule has 3 aromatic rings. The van der Waals surface area contributed by atoms with Crippen molar-refractivity contribution in [2.75, 3.05) is 0 Å². The highest BCUT2D eigenvalue weighted by atomic mass is 79.9. The fraction of sp³-hybridized carbons (Fsp3) is 0.136. The van der Waals surface area contributed by atoms with E-state index in [0.29, 0.717) is 39.8 Å². The van der Waals surface area contributed by atoms with E-state index in [9.17, 15) is 13.6 Å². The second kappa shape index (κ2) is 10.5. The average Bonchev–Trinajstić information content (AvgIpc) is 3.36. The SMILES string of the molecule is O=C1N/C(=N\N=Cc2ccc(-c3ccc(Br)cc3)o2)SC1Cc1ccc(SC(F)F)cc1. The third kappa shape index (κ3) is 6.08. The molecule has 1 saturated heterocycles. The summed E-state index contributed by atoms with van der Waals surface area (Å²) in [4.78, 5) is 12.7. The zero-order valence-electron chi connectivity index (χ0n) is 16.4.